The monoisotopic (exact) mass is 377 g/mol. The number of aryl methyl sites for hydroxylation is 1. The van der Waals surface area contributed by atoms with Crippen molar-refractivity contribution >= 4 is 12.0 Å². The number of hydrogen-bond acceptors (Lipinski definition) is 3. The number of carbonyl (C=O) groups excluding carboxylic acids is 2. The van der Waals surface area contributed by atoms with E-state index in [1.807, 2.05) is 25.7 Å². The van der Waals surface area contributed by atoms with Crippen molar-refractivity contribution in [3.05, 3.63) is 22.5 Å². The van der Waals surface area contributed by atoms with Gasteiger partial charge in [-0.15, -0.1) is 0 Å². The molecule has 2 N–H and O–H groups in total. The van der Waals surface area contributed by atoms with Gasteiger partial charge in [0.15, 0.2) is 0 Å². The molecule has 1 atom stereocenters. The lowest BCUT2D eigenvalue weighted by molar-refractivity contribution is 0.0519. The summed E-state index contributed by atoms with van der Waals surface area (Å²) in [6, 6.07) is 0.392. The first-order valence-electron chi connectivity index (χ1n) is 10.3. The van der Waals surface area contributed by atoms with Crippen molar-refractivity contribution in [2.45, 2.75) is 91.8 Å². The zero-order valence-electron chi connectivity index (χ0n) is 17.5. The molecular weight excluding hydrogens is 342 g/mol. The predicted octanol–water partition coefficient (Wildman–Crippen LogP) is 4.45. The Balaban J connectivity index is 2.26. The molecule has 0 aromatic carbocycles. The van der Waals surface area contributed by atoms with Gasteiger partial charge in [0.1, 0.15) is 5.69 Å². The second kappa shape index (κ2) is 9.81. The van der Waals surface area contributed by atoms with Crippen LogP contribution in [0.3, 0.4) is 0 Å². The van der Waals surface area contributed by atoms with E-state index in [1.54, 1.807) is 6.92 Å². The topological polar surface area (TPSA) is 74.4 Å². The molecule has 2 amide bonds. The number of nitrogens with one attached hydrogen (secondary N) is 2. The number of aromatic amines is 1. The first-order chi connectivity index (χ1) is 12.9. The molecule has 1 aromatic rings. The Kier molecular flexibility index (Phi) is 7.75. The van der Waals surface area contributed by atoms with Crippen LogP contribution in [0.1, 0.15) is 86.6 Å². The van der Waals surface area contributed by atoms with Crippen molar-refractivity contribution < 1.29 is 14.3 Å². The van der Waals surface area contributed by atoms with Crippen LogP contribution in [0, 0.1) is 13.8 Å². The second-order valence-electron chi connectivity index (χ2n) is 7.63. The summed E-state index contributed by atoms with van der Waals surface area (Å²) in [5.74, 6) is -0.336. The molecule has 1 saturated carbocycles. The summed E-state index contributed by atoms with van der Waals surface area (Å²) in [5, 5.41) is 3.12. The van der Waals surface area contributed by atoms with Gasteiger partial charge in [0, 0.05) is 24.3 Å². The van der Waals surface area contributed by atoms with Crippen molar-refractivity contribution in [3.63, 3.8) is 0 Å². The highest BCUT2D eigenvalue weighted by atomic mass is 16.5. The number of amides is 2. The third-order valence-electron chi connectivity index (χ3n) is 5.66. The molecule has 0 bridgehead atoms. The zero-order chi connectivity index (χ0) is 20.0. The third-order valence-corrected chi connectivity index (χ3v) is 5.66. The maximum Gasteiger partial charge on any atom is 0.355 e. The maximum atomic E-state index is 13.0. The Morgan fingerprint density at radius 2 is 1.89 bits per heavy atom. The molecule has 1 heterocycles. The Morgan fingerprint density at radius 3 is 2.48 bits per heavy atom. The number of hydrogen-bond donors (Lipinski definition) is 2. The molecule has 0 saturated heterocycles. The van der Waals surface area contributed by atoms with Gasteiger partial charge in [0.05, 0.1) is 6.61 Å². The van der Waals surface area contributed by atoms with Gasteiger partial charge in [0.2, 0.25) is 0 Å². The number of aromatic nitrogens is 1. The Labute approximate surface area is 163 Å². The lowest BCUT2D eigenvalue weighted by Crippen LogP contribution is -2.48. The van der Waals surface area contributed by atoms with Crippen LogP contribution in [0.15, 0.2) is 0 Å². The van der Waals surface area contributed by atoms with Crippen molar-refractivity contribution in [2.75, 3.05) is 6.61 Å². The highest BCUT2D eigenvalue weighted by Gasteiger charge is 2.28. The van der Waals surface area contributed by atoms with E-state index >= 15 is 0 Å². The standard InChI is InChI=1S/C21H35N3O3/c1-6-14(3)22-21(26)24(17-11-9-8-10-12-17)13-18-15(4)19(23-16(18)5)20(25)27-7-2/h14,17,23H,6-13H2,1-5H3,(H,22,26). The Morgan fingerprint density at radius 1 is 1.22 bits per heavy atom. The minimum Gasteiger partial charge on any atom is -0.461 e. The van der Waals surface area contributed by atoms with Crippen LogP contribution < -0.4 is 5.32 Å². The van der Waals surface area contributed by atoms with E-state index in [2.05, 4.69) is 17.2 Å². The fraction of sp³-hybridized carbons (Fsp3) is 0.714. The maximum absolute atomic E-state index is 13.0. The summed E-state index contributed by atoms with van der Waals surface area (Å²) in [4.78, 5) is 30.3. The molecule has 2 rings (SSSR count). The number of urea groups is 1. The van der Waals surface area contributed by atoms with Gasteiger partial charge in [-0.05, 0) is 58.1 Å². The fourth-order valence-electron chi connectivity index (χ4n) is 3.76. The van der Waals surface area contributed by atoms with Crippen molar-refractivity contribution in [2.24, 2.45) is 0 Å². The number of H-pyrrole nitrogens is 1. The van der Waals surface area contributed by atoms with Crippen LogP contribution in [-0.2, 0) is 11.3 Å². The average Bonchev–Trinajstić information content (AvgIpc) is 2.94. The zero-order valence-corrected chi connectivity index (χ0v) is 17.5. The van der Waals surface area contributed by atoms with E-state index in [0.717, 1.165) is 48.9 Å². The number of carbonyl (C=O) groups is 2. The van der Waals surface area contributed by atoms with E-state index in [4.69, 9.17) is 4.74 Å². The number of nitrogens with zero attached hydrogens (tertiary/aromatic N) is 1. The minimum atomic E-state index is -0.336. The third kappa shape index (κ3) is 5.27. The smallest absolute Gasteiger partial charge is 0.355 e. The van der Waals surface area contributed by atoms with Crippen LogP contribution in [0.2, 0.25) is 0 Å². The molecule has 6 nitrogen and oxygen atoms in total. The van der Waals surface area contributed by atoms with Crippen LogP contribution in [0.25, 0.3) is 0 Å². The average molecular weight is 378 g/mol. The van der Waals surface area contributed by atoms with Gasteiger partial charge < -0.3 is 19.9 Å². The van der Waals surface area contributed by atoms with E-state index < -0.39 is 0 Å². The van der Waals surface area contributed by atoms with Gasteiger partial charge in [-0.3, -0.25) is 0 Å². The summed E-state index contributed by atoms with van der Waals surface area (Å²) in [6.45, 7) is 10.6. The van der Waals surface area contributed by atoms with Crippen molar-refractivity contribution in [1.82, 2.24) is 15.2 Å². The molecule has 6 heteroatoms. The molecule has 1 fully saturated rings. The summed E-state index contributed by atoms with van der Waals surface area (Å²) in [6.07, 6.45) is 6.56. The van der Waals surface area contributed by atoms with E-state index in [-0.39, 0.29) is 24.1 Å². The van der Waals surface area contributed by atoms with E-state index in [1.165, 1.54) is 6.42 Å². The number of esters is 1. The predicted molar refractivity (Wildman–Crippen MR) is 107 cm³/mol. The Bertz CT molecular complexity index is 647. The lowest BCUT2D eigenvalue weighted by Gasteiger charge is -2.35. The van der Waals surface area contributed by atoms with Crippen molar-refractivity contribution in [3.8, 4) is 0 Å². The Hall–Kier alpha value is -1.98. The molecule has 1 aliphatic carbocycles. The molecular formula is C21H35N3O3. The first kappa shape index (κ1) is 21.3. The van der Waals surface area contributed by atoms with Gasteiger partial charge in [0.25, 0.3) is 0 Å². The summed E-state index contributed by atoms with van der Waals surface area (Å²) in [7, 11) is 0. The second-order valence-corrected chi connectivity index (χ2v) is 7.63. The molecule has 0 radical (unpaired) electrons. The van der Waals surface area contributed by atoms with Gasteiger partial charge in [-0.25, -0.2) is 9.59 Å². The molecule has 1 aliphatic rings. The van der Waals surface area contributed by atoms with Gasteiger partial charge in [-0.2, -0.15) is 0 Å². The van der Waals surface area contributed by atoms with Crippen LogP contribution >= 0.6 is 0 Å². The number of rotatable bonds is 7. The van der Waals surface area contributed by atoms with Crippen molar-refractivity contribution in [1.29, 1.82) is 0 Å². The molecule has 0 spiro atoms. The molecule has 152 valence electrons. The highest BCUT2D eigenvalue weighted by molar-refractivity contribution is 5.89. The minimum absolute atomic E-state index is 0.00562. The van der Waals surface area contributed by atoms with Crippen LogP contribution in [0.4, 0.5) is 4.79 Å². The molecule has 1 unspecified atom stereocenters. The lowest BCUT2D eigenvalue weighted by atomic mass is 9.93. The largest absolute Gasteiger partial charge is 0.461 e. The summed E-state index contributed by atoms with van der Waals surface area (Å²) in [5.41, 5.74) is 3.31. The quantitative estimate of drug-likeness (QED) is 0.689. The van der Waals surface area contributed by atoms with E-state index in [9.17, 15) is 9.59 Å². The summed E-state index contributed by atoms with van der Waals surface area (Å²) < 4.78 is 5.15. The number of ether oxygens (including phenoxy) is 1. The summed E-state index contributed by atoms with van der Waals surface area (Å²) >= 11 is 0. The fourth-order valence-corrected chi connectivity index (χ4v) is 3.76. The molecule has 1 aromatic heterocycles. The van der Waals surface area contributed by atoms with E-state index in [0.29, 0.717) is 18.8 Å². The van der Waals surface area contributed by atoms with Crippen LogP contribution in [-0.4, -0.2) is 40.6 Å². The van der Waals surface area contributed by atoms with Gasteiger partial charge in [-0.1, -0.05) is 26.2 Å². The van der Waals surface area contributed by atoms with Gasteiger partial charge >= 0.3 is 12.0 Å². The first-order valence-corrected chi connectivity index (χ1v) is 10.3. The SMILES string of the molecule is CCOC(=O)c1[nH]c(C)c(CN(C(=O)NC(C)CC)C2CCCCC2)c1C. The van der Waals surface area contributed by atoms with Crippen LogP contribution in [0.5, 0.6) is 0 Å². The molecule has 27 heavy (non-hydrogen) atoms. The highest BCUT2D eigenvalue weighted by Crippen LogP contribution is 2.27. The molecule has 0 aliphatic heterocycles. The normalized spacial score (nSPS) is 16.0.